The summed E-state index contributed by atoms with van der Waals surface area (Å²) in [4.78, 5) is 13.3. The Balaban J connectivity index is 1.36. The molecule has 7 heteroatoms. The third kappa shape index (κ3) is 3.99. The van der Waals surface area contributed by atoms with Crippen LogP contribution in [0.3, 0.4) is 0 Å². The van der Waals surface area contributed by atoms with Gasteiger partial charge in [-0.25, -0.2) is 14.4 Å². The van der Waals surface area contributed by atoms with Gasteiger partial charge in [-0.3, -0.25) is 4.90 Å². The average molecular weight is 362 g/mol. The van der Waals surface area contributed by atoms with Crippen LogP contribution in [-0.4, -0.2) is 46.2 Å². The topological polar surface area (TPSA) is 50.3 Å². The number of likely N-dealkylation sites (tertiary alicyclic amines) is 1. The predicted octanol–water partition coefficient (Wildman–Crippen LogP) is 3.22. The highest BCUT2D eigenvalue weighted by molar-refractivity contribution is 7.11. The SMILES string of the molecule is Cc1ccc(CN2CCC[C@]3(C[C@H](Nc4ncc(F)cn4)CO3)C2)s1. The average Bonchev–Trinajstić information content (AvgIpc) is 3.16. The summed E-state index contributed by atoms with van der Waals surface area (Å²) in [7, 11) is 0. The molecular weight excluding hydrogens is 339 g/mol. The van der Waals surface area contributed by atoms with Crippen molar-refractivity contribution < 1.29 is 9.13 Å². The summed E-state index contributed by atoms with van der Waals surface area (Å²) in [6.07, 6.45) is 5.56. The van der Waals surface area contributed by atoms with Gasteiger partial charge in [-0.15, -0.1) is 11.3 Å². The van der Waals surface area contributed by atoms with Crippen molar-refractivity contribution in [2.75, 3.05) is 25.0 Å². The first-order valence-corrected chi connectivity index (χ1v) is 9.58. The first kappa shape index (κ1) is 16.9. The van der Waals surface area contributed by atoms with Gasteiger partial charge in [0.25, 0.3) is 0 Å². The van der Waals surface area contributed by atoms with Crippen LogP contribution in [0.4, 0.5) is 10.3 Å². The summed E-state index contributed by atoms with van der Waals surface area (Å²) in [6.45, 7) is 5.89. The van der Waals surface area contributed by atoms with Crippen molar-refractivity contribution in [3.63, 3.8) is 0 Å². The Labute approximate surface area is 151 Å². The molecule has 0 aromatic carbocycles. The van der Waals surface area contributed by atoms with Crippen LogP contribution in [0.25, 0.3) is 0 Å². The molecule has 134 valence electrons. The smallest absolute Gasteiger partial charge is 0.223 e. The van der Waals surface area contributed by atoms with E-state index in [1.165, 1.54) is 22.1 Å². The monoisotopic (exact) mass is 362 g/mol. The quantitative estimate of drug-likeness (QED) is 0.905. The van der Waals surface area contributed by atoms with E-state index in [1.54, 1.807) is 0 Å². The molecule has 1 spiro atoms. The second-order valence-electron chi connectivity index (χ2n) is 7.09. The molecule has 0 aliphatic carbocycles. The van der Waals surface area contributed by atoms with Gasteiger partial charge < -0.3 is 10.1 Å². The number of thiophene rings is 1. The molecule has 2 atom stereocenters. The number of aromatic nitrogens is 2. The third-order valence-corrected chi connectivity index (χ3v) is 5.94. The molecule has 0 unspecified atom stereocenters. The van der Waals surface area contributed by atoms with Gasteiger partial charge in [-0.2, -0.15) is 0 Å². The normalized spacial score (nSPS) is 27.0. The number of anilines is 1. The zero-order valence-corrected chi connectivity index (χ0v) is 15.2. The predicted molar refractivity (Wildman–Crippen MR) is 96.3 cm³/mol. The van der Waals surface area contributed by atoms with Crippen molar-refractivity contribution in [2.24, 2.45) is 0 Å². The number of piperidine rings is 1. The van der Waals surface area contributed by atoms with Crippen LogP contribution in [0, 0.1) is 12.7 Å². The van der Waals surface area contributed by atoms with E-state index in [-0.39, 0.29) is 11.6 Å². The number of nitrogens with zero attached hydrogens (tertiary/aromatic N) is 3. The van der Waals surface area contributed by atoms with Crippen molar-refractivity contribution in [1.29, 1.82) is 0 Å². The van der Waals surface area contributed by atoms with E-state index >= 15 is 0 Å². The maximum atomic E-state index is 12.9. The molecule has 0 saturated carbocycles. The number of aryl methyl sites for hydroxylation is 1. The van der Waals surface area contributed by atoms with E-state index in [2.05, 4.69) is 39.2 Å². The molecule has 5 nitrogen and oxygen atoms in total. The Kier molecular flexibility index (Phi) is 4.71. The van der Waals surface area contributed by atoms with Crippen LogP contribution >= 0.6 is 11.3 Å². The van der Waals surface area contributed by atoms with E-state index in [0.717, 1.165) is 38.9 Å². The van der Waals surface area contributed by atoms with Crippen molar-refractivity contribution in [1.82, 2.24) is 14.9 Å². The summed E-state index contributed by atoms with van der Waals surface area (Å²) < 4.78 is 19.2. The minimum absolute atomic E-state index is 0.0811. The van der Waals surface area contributed by atoms with Gasteiger partial charge in [-0.05, 0) is 38.4 Å². The van der Waals surface area contributed by atoms with Crippen molar-refractivity contribution >= 4 is 17.3 Å². The van der Waals surface area contributed by atoms with Crippen LogP contribution in [-0.2, 0) is 11.3 Å². The Morgan fingerprint density at radius 2 is 2.24 bits per heavy atom. The highest BCUT2D eigenvalue weighted by Gasteiger charge is 2.43. The van der Waals surface area contributed by atoms with Gasteiger partial charge in [0.15, 0.2) is 5.82 Å². The van der Waals surface area contributed by atoms with E-state index < -0.39 is 5.82 Å². The Bertz CT molecular complexity index is 722. The van der Waals surface area contributed by atoms with Crippen molar-refractivity contribution in [3.8, 4) is 0 Å². The Hall–Kier alpha value is -1.57. The van der Waals surface area contributed by atoms with Crippen LogP contribution in [0.1, 0.15) is 29.0 Å². The summed E-state index contributed by atoms with van der Waals surface area (Å²) in [5.74, 6) is 0.0465. The lowest BCUT2D eigenvalue weighted by Gasteiger charge is -2.39. The zero-order valence-electron chi connectivity index (χ0n) is 14.4. The molecule has 2 aromatic rings. The summed E-state index contributed by atoms with van der Waals surface area (Å²) in [6, 6.07) is 4.59. The van der Waals surface area contributed by atoms with Crippen molar-refractivity contribution in [2.45, 2.75) is 44.4 Å². The molecule has 0 amide bonds. The minimum Gasteiger partial charge on any atom is -0.371 e. The van der Waals surface area contributed by atoms with Gasteiger partial charge in [0.2, 0.25) is 5.95 Å². The standard InChI is InChI=1S/C18H23FN4OS/c1-13-3-4-16(25-13)10-23-6-2-5-18(12-23)7-15(11-24-18)22-17-20-8-14(19)9-21-17/h3-4,8-9,15H,2,5-7,10-12H2,1H3,(H,20,21,22)/t15-,18-/m0/s1. The molecule has 2 fully saturated rings. The van der Waals surface area contributed by atoms with Gasteiger partial charge in [0.1, 0.15) is 0 Å². The minimum atomic E-state index is -0.420. The number of ether oxygens (including phenoxy) is 1. The van der Waals surface area contributed by atoms with Crippen LogP contribution < -0.4 is 5.32 Å². The Morgan fingerprint density at radius 3 is 3.00 bits per heavy atom. The lowest BCUT2D eigenvalue weighted by molar-refractivity contribution is -0.0531. The number of nitrogens with one attached hydrogen (secondary N) is 1. The molecule has 4 rings (SSSR count). The molecule has 2 aromatic heterocycles. The number of halogens is 1. The fraction of sp³-hybridized carbons (Fsp3) is 0.556. The summed E-state index contributed by atoms with van der Waals surface area (Å²) in [5, 5.41) is 3.28. The van der Waals surface area contributed by atoms with E-state index in [0.29, 0.717) is 12.6 Å². The first-order chi connectivity index (χ1) is 12.1. The fourth-order valence-corrected chi connectivity index (χ4v) is 4.84. The van der Waals surface area contributed by atoms with Crippen molar-refractivity contribution in [3.05, 3.63) is 40.1 Å². The maximum absolute atomic E-state index is 12.9. The van der Waals surface area contributed by atoms with E-state index in [1.807, 2.05) is 11.3 Å². The van der Waals surface area contributed by atoms with Gasteiger partial charge >= 0.3 is 0 Å². The maximum Gasteiger partial charge on any atom is 0.223 e. The van der Waals surface area contributed by atoms with Gasteiger partial charge in [0.05, 0.1) is 30.6 Å². The van der Waals surface area contributed by atoms with Crippen LogP contribution in [0.15, 0.2) is 24.5 Å². The summed E-state index contributed by atoms with van der Waals surface area (Å²) >= 11 is 1.87. The molecule has 2 aliphatic rings. The van der Waals surface area contributed by atoms with Crippen LogP contribution in [0.5, 0.6) is 0 Å². The fourth-order valence-electron chi connectivity index (χ4n) is 3.91. The molecule has 0 radical (unpaired) electrons. The second kappa shape index (κ2) is 6.97. The molecule has 0 bridgehead atoms. The molecule has 2 saturated heterocycles. The van der Waals surface area contributed by atoms with Gasteiger partial charge in [0, 0.05) is 29.3 Å². The molecule has 2 aliphatic heterocycles. The van der Waals surface area contributed by atoms with E-state index in [4.69, 9.17) is 4.74 Å². The second-order valence-corrected chi connectivity index (χ2v) is 8.46. The third-order valence-electron chi connectivity index (χ3n) is 4.96. The lowest BCUT2D eigenvalue weighted by Crippen LogP contribution is -2.47. The highest BCUT2D eigenvalue weighted by atomic mass is 32.1. The number of hydrogen-bond acceptors (Lipinski definition) is 6. The molecule has 25 heavy (non-hydrogen) atoms. The molecule has 4 heterocycles. The number of rotatable bonds is 4. The molecular formula is C18H23FN4OS. The van der Waals surface area contributed by atoms with Crippen LogP contribution in [0.2, 0.25) is 0 Å². The first-order valence-electron chi connectivity index (χ1n) is 8.76. The largest absolute Gasteiger partial charge is 0.371 e. The Morgan fingerprint density at radius 1 is 1.40 bits per heavy atom. The highest BCUT2D eigenvalue weighted by Crippen LogP contribution is 2.36. The number of hydrogen-bond donors (Lipinski definition) is 1. The van der Waals surface area contributed by atoms with Gasteiger partial charge in [-0.1, -0.05) is 0 Å². The molecule has 1 N–H and O–H groups in total. The van der Waals surface area contributed by atoms with E-state index in [9.17, 15) is 4.39 Å². The lowest BCUT2D eigenvalue weighted by atomic mass is 9.88. The zero-order chi connectivity index (χ0) is 17.3. The summed E-state index contributed by atoms with van der Waals surface area (Å²) in [5.41, 5.74) is -0.0811.